The molecule has 0 amide bonds. The van der Waals surface area contributed by atoms with E-state index in [1.807, 2.05) is 18.4 Å². The largest absolute Gasteiger partial charge is 0.368 e. The van der Waals surface area contributed by atoms with E-state index in [1.165, 1.54) is 0 Å². The molecule has 0 N–H and O–H groups in total. The van der Waals surface area contributed by atoms with Crippen molar-refractivity contribution in [2.24, 2.45) is 0 Å². The molecule has 0 spiro atoms. The summed E-state index contributed by atoms with van der Waals surface area (Å²) < 4.78 is 1.08. The number of anilines is 1. The molecule has 0 saturated carbocycles. The Labute approximate surface area is 131 Å². The first-order chi connectivity index (χ1) is 10.2. The maximum absolute atomic E-state index is 12.8. The first-order valence-electron chi connectivity index (χ1n) is 7.94. The van der Waals surface area contributed by atoms with Gasteiger partial charge in [0.1, 0.15) is 0 Å². The molecule has 2 aromatic rings. The number of benzene rings is 1. The SMILES string of the molecule is CCCCN(CCCC)c1csc2ccc(C)cc2c1=O. The smallest absolute Gasteiger partial charge is 0.211 e. The summed E-state index contributed by atoms with van der Waals surface area (Å²) in [4.78, 5) is 15.1. The topological polar surface area (TPSA) is 20.3 Å². The lowest BCUT2D eigenvalue weighted by molar-refractivity contribution is 0.677. The quantitative estimate of drug-likeness (QED) is 0.719. The monoisotopic (exact) mass is 303 g/mol. The number of hydrogen-bond donors (Lipinski definition) is 0. The van der Waals surface area contributed by atoms with E-state index >= 15 is 0 Å². The summed E-state index contributed by atoms with van der Waals surface area (Å²) in [6.07, 6.45) is 4.60. The molecule has 0 saturated heterocycles. The van der Waals surface area contributed by atoms with Crippen LogP contribution in [0.2, 0.25) is 0 Å². The third-order valence-electron chi connectivity index (χ3n) is 3.81. The molecule has 21 heavy (non-hydrogen) atoms. The second kappa shape index (κ2) is 7.60. The van der Waals surface area contributed by atoms with Crippen LogP contribution in [0.4, 0.5) is 5.69 Å². The maximum Gasteiger partial charge on any atom is 0.211 e. The zero-order valence-electron chi connectivity index (χ0n) is 13.3. The van der Waals surface area contributed by atoms with Crippen molar-refractivity contribution in [2.45, 2.75) is 46.5 Å². The number of hydrogen-bond acceptors (Lipinski definition) is 3. The summed E-state index contributed by atoms with van der Waals surface area (Å²) in [5.74, 6) is 0. The normalized spacial score (nSPS) is 11.0. The Morgan fingerprint density at radius 3 is 2.38 bits per heavy atom. The molecular weight excluding hydrogens is 278 g/mol. The first-order valence-corrected chi connectivity index (χ1v) is 8.82. The summed E-state index contributed by atoms with van der Waals surface area (Å²) in [6, 6.07) is 6.16. The van der Waals surface area contributed by atoms with Gasteiger partial charge in [-0.05, 0) is 31.9 Å². The van der Waals surface area contributed by atoms with Gasteiger partial charge in [-0.2, -0.15) is 0 Å². The van der Waals surface area contributed by atoms with Gasteiger partial charge in [-0.3, -0.25) is 4.79 Å². The highest BCUT2D eigenvalue weighted by molar-refractivity contribution is 7.16. The second-order valence-electron chi connectivity index (χ2n) is 5.64. The van der Waals surface area contributed by atoms with E-state index in [0.717, 1.165) is 60.1 Å². The molecule has 0 atom stereocenters. The van der Waals surface area contributed by atoms with Crippen LogP contribution in [0.25, 0.3) is 10.1 Å². The number of fused-ring (bicyclic) bond motifs is 1. The van der Waals surface area contributed by atoms with Crippen LogP contribution < -0.4 is 10.3 Å². The van der Waals surface area contributed by atoms with Gasteiger partial charge in [-0.25, -0.2) is 0 Å². The van der Waals surface area contributed by atoms with Gasteiger partial charge in [0.2, 0.25) is 5.43 Å². The summed E-state index contributed by atoms with van der Waals surface area (Å²) in [6.45, 7) is 8.40. The Kier molecular flexibility index (Phi) is 5.80. The lowest BCUT2D eigenvalue weighted by Crippen LogP contribution is -2.30. The van der Waals surface area contributed by atoms with Crippen molar-refractivity contribution < 1.29 is 0 Å². The van der Waals surface area contributed by atoms with Gasteiger partial charge in [-0.1, -0.05) is 38.3 Å². The van der Waals surface area contributed by atoms with Gasteiger partial charge in [0, 0.05) is 28.6 Å². The van der Waals surface area contributed by atoms with Crippen molar-refractivity contribution in [3.05, 3.63) is 39.4 Å². The number of aryl methyl sites for hydroxylation is 1. The van der Waals surface area contributed by atoms with E-state index < -0.39 is 0 Å². The molecule has 114 valence electrons. The molecule has 1 aromatic heterocycles. The van der Waals surface area contributed by atoms with E-state index in [0.29, 0.717) is 0 Å². The highest BCUT2D eigenvalue weighted by Gasteiger charge is 2.12. The van der Waals surface area contributed by atoms with Gasteiger partial charge in [0.25, 0.3) is 0 Å². The minimum atomic E-state index is 0.194. The Balaban J connectivity index is 2.41. The molecule has 2 rings (SSSR count). The summed E-state index contributed by atoms with van der Waals surface area (Å²) in [5.41, 5.74) is 2.23. The predicted octanol–water partition coefficient (Wildman–Crippen LogP) is 4.98. The highest BCUT2D eigenvalue weighted by Crippen LogP contribution is 2.23. The third-order valence-corrected chi connectivity index (χ3v) is 4.76. The number of nitrogens with zero attached hydrogens (tertiary/aromatic N) is 1. The van der Waals surface area contributed by atoms with Gasteiger partial charge < -0.3 is 4.90 Å². The maximum atomic E-state index is 12.8. The van der Waals surface area contributed by atoms with Crippen molar-refractivity contribution in [3.8, 4) is 0 Å². The van der Waals surface area contributed by atoms with Crippen LogP contribution in [0.5, 0.6) is 0 Å². The zero-order valence-corrected chi connectivity index (χ0v) is 14.1. The lowest BCUT2D eigenvalue weighted by atomic mass is 10.1. The average Bonchev–Trinajstić information content (AvgIpc) is 2.49. The Morgan fingerprint density at radius 1 is 1.10 bits per heavy atom. The van der Waals surface area contributed by atoms with Crippen molar-refractivity contribution in [1.29, 1.82) is 0 Å². The molecule has 3 heteroatoms. The van der Waals surface area contributed by atoms with Gasteiger partial charge in [0.05, 0.1) is 5.69 Å². The fourth-order valence-electron chi connectivity index (χ4n) is 2.50. The summed E-state index contributed by atoms with van der Waals surface area (Å²) in [5, 5.41) is 2.92. The zero-order chi connectivity index (χ0) is 15.2. The van der Waals surface area contributed by atoms with Crippen LogP contribution in [-0.2, 0) is 0 Å². The van der Waals surface area contributed by atoms with E-state index in [1.54, 1.807) is 11.3 Å². The third kappa shape index (κ3) is 3.85. The molecule has 0 unspecified atom stereocenters. The van der Waals surface area contributed by atoms with E-state index in [-0.39, 0.29) is 5.43 Å². The lowest BCUT2D eigenvalue weighted by Gasteiger charge is -2.24. The van der Waals surface area contributed by atoms with Crippen LogP contribution in [-0.4, -0.2) is 13.1 Å². The van der Waals surface area contributed by atoms with Crippen LogP contribution in [0.15, 0.2) is 28.4 Å². The standard InChI is InChI=1S/C18H25NOS/c1-4-6-10-19(11-7-5-2)16-13-21-17-9-8-14(3)12-15(17)18(16)20/h8-9,12-13H,4-7,10-11H2,1-3H3. The molecular formula is C18H25NOS. The molecule has 1 heterocycles. The number of unbranched alkanes of at least 4 members (excludes halogenated alkanes) is 2. The van der Waals surface area contributed by atoms with Crippen molar-refractivity contribution in [3.63, 3.8) is 0 Å². The Hall–Kier alpha value is -1.35. The molecule has 0 fully saturated rings. The fraction of sp³-hybridized carbons (Fsp3) is 0.500. The van der Waals surface area contributed by atoms with E-state index in [4.69, 9.17) is 0 Å². The Morgan fingerprint density at radius 2 is 1.76 bits per heavy atom. The molecule has 0 radical (unpaired) electrons. The molecule has 0 aliphatic carbocycles. The van der Waals surface area contributed by atoms with Crippen LogP contribution in [0, 0.1) is 6.92 Å². The summed E-state index contributed by atoms with van der Waals surface area (Å²) in [7, 11) is 0. The second-order valence-corrected chi connectivity index (χ2v) is 6.56. The van der Waals surface area contributed by atoms with Crippen LogP contribution in [0.1, 0.15) is 45.1 Å². The minimum absolute atomic E-state index is 0.194. The van der Waals surface area contributed by atoms with Crippen molar-refractivity contribution >= 4 is 27.1 Å². The molecule has 0 aliphatic heterocycles. The molecule has 0 aliphatic rings. The molecule has 0 bridgehead atoms. The van der Waals surface area contributed by atoms with Gasteiger partial charge in [-0.15, -0.1) is 11.3 Å². The van der Waals surface area contributed by atoms with Gasteiger partial charge in [0.15, 0.2) is 0 Å². The van der Waals surface area contributed by atoms with Crippen LogP contribution in [0.3, 0.4) is 0 Å². The predicted molar refractivity (Wildman–Crippen MR) is 94.9 cm³/mol. The molecule has 2 nitrogen and oxygen atoms in total. The van der Waals surface area contributed by atoms with Crippen molar-refractivity contribution in [1.82, 2.24) is 0 Å². The minimum Gasteiger partial charge on any atom is -0.368 e. The first kappa shape index (κ1) is 16.0. The summed E-state index contributed by atoms with van der Waals surface area (Å²) >= 11 is 1.68. The van der Waals surface area contributed by atoms with Crippen LogP contribution >= 0.6 is 11.3 Å². The van der Waals surface area contributed by atoms with E-state index in [9.17, 15) is 4.79 Å². The van der Waals surface area contributed by atoms with Crippen molar-refractivity contribution in [2.75, 3.05) is 18.0 Å². The average molecular weight is 303 g/mol. The highest BCUT2D eigenvalue weighted by atomic mass is 32.1. The fourth-order valence-corrected chi connectivity index (χ4v) is 3.42. The Bertz CT molecular complexity index is 639. The molecule has 1 aromatic carbocycles. The van der Waals surface area contributed by atoms with E-state index in [2.05, 4.69) is 30.9 Å². The van der Waals surface area contributed by atoms with Gasteiger partial charge >= 0.3 is 0 Å². The number of rotatable bonds is 7.